The largest absolute Gasteiger partial charge is 0.478 e. The molecular weight excluding hydrogens is 228 g/mol. The summed E-state index contributed by atoms with van der Waals surface area (Å²) in [6, 6.07) is 1.19. The number of aliphatic hydroxyl groups excluding tert-OH is 2. The number of azide groups is 1. The minimum Gasteiger partial charge on any atom is -0.478 e. The van der Waals surface area contributed by atoms with E-state index in [2.05, 4.69) is 15.0 Å². The topological polar surface area (TPSA) is 139 Å². The van der Waals surface area contributed by atoms with E-state index in [0.717, 1.165) is 6.20 Å². The van der Waals surface area contributed by atoms with Crippen LogP contribution in [0.3, 0.4) is 0 Å². The first-order valence-electron chi connectivity index (χ1n) is 4.61. The van der Waals surface area contributed by atoms with Gasteiger partial charge in [-0.1, -0.05) is 5.11 Å². The Morgan fingerprint density at radius 3 is 2.82 bits per heavy atom. The van der Waals surface area contributed by atoms with Crippen molar-refractivity contribution in [1.82, 2.24) is 4.98 Å². The van der Waals surface area contributed by atoms with Crippen LogP contribution < -0.4 is 0 Å². The number of rotatable bonds is 5. The maximum atomic E-state index is 10.7. The summed E-state index contributed by atoms with van der Waals surface area (Å²) in [5, 5.41) is 30.9. The average molecular weight is 238 g/mol. The van der Waals surface area contributed by atoms with Crippen LogP contribution in [-0.2, 0) is 0 Å². The van der Waals surface area contributed by atoms with E-state index in [1.54, 1.807) is 0 Å². The van der Waals surface area contributed by atoms with E-state index in [9.17, 15) is 15.0 Å². The average Bonchev–Trinajstić information content (AvgIpc) is 2.35. The molecule has 17 heavy (non-hydrogen) atoms. The smallest absolute Gasteiger partial charge is 0.337 e. The van der Waals surface area contributed by atoms with Gasteiger partial charge in [0.25, 0.3) is 0 Å². The molecule has 0 amide bonds. The van der Waals surface area contributed by atoms with Crippen LogP contribution in [0, 0.1) is 0 Å². The molecule has 1 aromatic rings. The van der Waals surface area contributed by atoms with E-state index in [1.807, 2.05) is 0 Å². The zero-order chi connectivity index (χ0) is 12.8. The fourth-order valence-electron chi connectivity index (χ4n) is 1.18. The van der Waals surface area contributed by atoms with Crippen molar-refractivity contribution in [1.29, 1.82) is 0 Å². The van der Waals surface area contributed by atoms with Gasteiger partial charge in [0.05, 0.1) is 18.2 Å². The Kier molecular flexibility index (Phi) is 4.41. The highest BCUT2D eigenvalue weighted by Crippen LogP contribution is 2.17. The van der Waals surface area contributed by atoms with Gasteiger partial charge < -0.3 is 15.3 Å². The van der Waals surface area contributed by atoms with Crippen LogP contribution in [0.4, 0.5) is 0 Å². The summed E-state index contributed by atoms with van der Waals surface area (Å²) in [6.45, 7) is -0.311. The van der Waals surface area contributed by atoms with Gasteiger partial charge >= 0.3 is 5.97 Å². The second kappa shape index (κ2) is 5.80. The number of nitrogens with zero attached hydrogens (tertiary/aromatic N) is 4. The van der Waals surface area contributed by atoms with E-state index in [4.69, 9.17) is 10.6 Å². The van der Waals surface area contributed by atoms with E-state index in [0.29, 0.717) is 0 Å². The molecule has 1 aromatic heterocycles. The van der Waals surface area contributed by atoms with E-state index < -0.39 is 18.2 Å². The lowest BCUT2D eigenvalue weighted by molar-refractivity contribution is 0.0241. The molecule has 2 unspecified atom stereocenters. The summed E-state index contributed by atoms with van der Waals surface area (Å²) < 4.78 is 0. The van der Waals surface area contributed by atoms with Crippen LogP contribution in [0.25, 0.3) is 10.4 Å². The molecule has 0 aliphatic carbocycles. The van der Waals surface area contributed by atoms with Crippen molar-refractivity contribution < 1.29 is 20.1 Å². The minimum atomic E-state index is -1.35. The van der Waals surface area contributed by atoms with Gasteiger partial charge in [0.15, 0.2) is 0 Å². The Morgan fingerprint density at radius 1 is 1.53 bits per heavy atom. The quantitative estimate of drug-likeness (QED) is 0.389. The zero-order valence-electron chi connectivity index (χ0n) is 8.63. The summed E-state index contributed by atoms with van der Waals surface area (Å²) in [7, 11) is 0. The van der Waals surface area contributed by atoms with Gasteiger partial charge in [-0.15, -0.1) is 0 Å². The molecule has 0 bridgehead atoms. The first kappa shape index (κ1) is 12.9. The Balaban J connectivity index is 2.87. The fourth-order valence-corrected chi connectivity index (χ4v) is 1.18. The number of pyridine rings is 1. The number of hydrogen-bond acceptors (Lipinski definition) is 5. The fraction of sp³-hybridized carbons (Fsp3) is 0.333. The lowest BCUT2D eigenvalue weighted by Crippen LogP contribution is -2.21. The molecule has 0 aromatic carbocycles. The third-order valence-electron chi connectivity index (χ3n) is 2.04. The molecule has 3 N–H and O–H groups in total. The van der Waals surface area contributed by atoms with Crippen molar-refractivity contribution in [2.24, 2.45) is 5.11 Å². The summed E-state index contributed by atoms with van der Waals surface area (Å²) in [5.41, 5.74) is 8.10. The van der Waals surface area contributed by atoms with Crippen LogP contribution >= 0.6 is 0 Å². The van der Waals surface area contributed by atoms with E-state index in [-0.39, 0.29) is 17.7 Å². The highest BCUT2D eigenvalue weighted by Gasteiger charge is 2.19. The van der Waals surface area contributed by atoms with Crippen molar-refractivity contribution in [2.45, 2.75) is 12.2 Å². The van der Waals surface area contributed by atoms with Crippen molar-refractivity contribution in [3.05, 3.63) is 40.0 Å². The second-order valence-electron chi connectivity index (χ2n) is 3.24. The molecular formula is C9H10N4O4. The second-order valence-corrected chi connectivity index (χ2v) is 3.24. The first-order chi connectivity index (χ1) is 8.06. The third kappa shape index (κ3) is 3.42. The maximum Gasteiger partial charge on any atom is 0.337 e. The number of carbonyl (C=O) groups is 1. The van der Waals surface area contributed by atoms with Gasteiger partial charge in [-0.2, -0.15) is 0 Å². The summed E-state index contributed by atoms with van der Waals surface area (Å²) >= 11 is 0. The number of carboxylic acid groups (broad SMARTS) is 1. The molecule has 0 saturated heterocycles. The van der Waals surface area contributed by atoms with Gasteiger partial charge in [-0.05, 0) is 11.6 Å². The van der Waals surface area contributed by atoms with Gasteiger partial charge in [-0.3, -0.25) is 4.98 Å². The van der Waals surface area contributed by atoms with Crippen molar-refractivity contribution >= 4 is 5.97 Å². The Labute approximate surface area is 95.8 Å². The molecule has 0 aliphatic heterocycles. The monoisotopic (exact) mass is 238 g/mol. The SMILES string of the molecule is [N-]=[N+]=NCC(O)C(O)c1cncc(C(=O)O)c1. The molecule has 0 aliphatic rings. The van der Waals surface area contributed by atoms with Gasteiger partial charge in [0, 0.05) is 22.9 Å². The number of aromatic carboxylic acids is 1. The maximum absolute atomic E-state index is 10.7. The van der Waals surface area contributed by atoms with Crippen molar-refractivity contribution in [3.8, 4) is 0 Å². The Morgan fingerprint density at radius 2 is 2.24 bits per heavy atom. The number of aliphatic hydroxyl groups is 2. The highest BCUT2D eigenvalue weighted by molar-refractivity contribution is 5.87. The third-order valence-corrected chi connectivity index (χ3v) is 2.04. The van der Waals surface area contributed by atoms with Crippen LogP contribution in [0.1, 0.15) is 22.0 Å². The van der Waals surface area contributed by atoms with E-state index in [1.165, 1.54) is 12.3 Å². The predicted octanol–water partition coefficient (Wildman–Crippen LogP) is 0.484. The highest BCUT2D eigenvalue weighted by atomic mass is 16.4. The van der Waals surface area contributed by atoms with Crippen LogP contribution in [0.2, 0.25) is 0 Å². The molecule has 8 heteroatoms. The molecule has 8 nitrogen and oxygen atoms in total. The molecule has 1 heterocycles. The summed E-state index contributed by atoms with van der Waals surface area (Å²) in [5.74, 6) is -1.18. The lowest BCUT2D eigenvalue weighted by atomic mass is 10.0. The van der Waals surface area contributed by atoms with Crippen LogP contribution in [0.5, 0.6) is 0 Å². The summed E-state index contributed by atoms with van der Waals surface area (Å²) in [6.07, 6.45) is -0.307. The number of aromatic nitrogens is 1. The Hall–Kier alpha value is -2.15. The van der Waals surface area contributed by atoms with Crippen LogP contribution in [0.15, 0.2) is 23.6 Å². The van der Waals surface area contributed by atoms with Gasteiger partial charge in [0.2, 0.25) is 0 Å². The molecule has 0 saturated carbocycles. The molecule has 1 rings (SSSR count). The zero-order valence-corrected chi connectivity index (χ0v) is 8.63. The minimum absolute atomic E-state index is 0.0995. The van der Waals surface area contributed by atoms with E-state index >= 15 is 0 Å². The van der Waals surface area contributed by atoms with Crippen molar-refractivity contribution in [2.75, 3.05) is 6.54 Å². The molecule has 2 atom stereocenters. The lowest BCUT2D eigenvalue weighted by Gasteiger charge is -2.15. The first-order valence-corrected chi connectivity index (χ1v) is 4.61. The van der Waals surface area contributed by atoms with Gasteiger partial charge in [0.1, 0.15) is 6.10 Å². The summed E-state index contributed by atoms with van der Waals surface area (Å²) in [4.78, 5) is 16.7. The molecule has 0 fully saturated rings. The number of hydrogen-bond donors (Lipinski definition) is 3. The number of carboxylic acids is 1. The Bertz CT molecular complexity index is 458. The molecule has 0 radical (unpaired) electrons. The van der Waals surface area contributed by atoms with Gasteiger partial charge in [-0.25, -0.2) is 4.79 Å². The van der Waals surface area contributed by atoms with Crippen LogP contribution in [-0.4, -0.2) is 38.9 Å². The molecule has 0 spiro atoms. The predicted molar refractivity (Wildman–Crippen MR) is 56.2 cm³/mol. The normalized spacial score (nSPS) is 13.5. The van der Waals surface area contributed by atoms with Crippen molar-refractivity contribution in [3.63, 3.8) is 0 Å². The standard InChI is InChI=1S/C9H10N4O4/c10-13-12-4-7(14)8(15)5-1-6(9(16)17)3-11-2-5/h1-3,7-8,14-15H,4H2,(H,16,17). The molecule has 90 valence electrons.